The van der Waals surface area contributed by atoms with E-state index in [4.69, 9.17) is 9.47 Å². The van der Waals surface area contributed by atoms with Gasteiger partial charge in [0.15, 0.2) is 6.29 Å². The van der Waals surface area contributed by atoms with E-state index >= 15 is 0 Å². The highest BCUT2D eigenvalue weighted by Gasteiger charge is 2.60. The van der Waals surface area contributed by atoms with Crippen LogP contribution in [0.3, 0.4) is 0 Å². The first-order chi connectivity index (χ1) is 14.9. The Morgan fingerprint density at radius 2 is 1.90 bits per heavy atom. The lowest BCUT2D eigenvalue weighted by Gasteiger charge is -2.63. The maximum Gasteiger partial charge on any atom is 0.160 e. The van der Waals surface area contributed by atoms with Crippen molar-refractivity contribution in [1.29, 1.82) is 0 Å². The SMILES string of the molecule is C=C1CCC2[C@]3(C)CO[C@@H](C4CCCC4)OC3CC[C@@]2(C)[C@@H]1CCN1CCC(CO)C1. The third-order valence-electron chi connectivity index (χ3n) is 10.3. The minimum Gasteiger partial charge on any atom is -0.396 e. The molecule has 0 amide bonds. The summed E-state index contributed by atoms with van der Waals surface area (Å²) in [6.45, 7) is 14.2. The summed E-state index contributed by atoms with van der Waals surface area (Å²) in [4.78, 5) is 2.58. The topological polar surface area (TPSA) is 41.9 Å². The summed E-state index contributed by atoms with van der Waals surface area (Å²) in [5.41, 5.74) is 1.93. The average Bonchev–Trinajstić information content (AvgIpc) is 3.44. The molecule has 176 valence electrons. The summed E-state index contributed by atoms with van der Waals surface area (Å²) in [6.07, 6.45) is 12.9. The molecule has 5 rings (SSSR count). The van der Waals surface area contributed by atoms with Crippen molar-refractivity contribution in [3.63, 3.8) is 0 Å². The number of hydrogen-bond donors (Lipinski definition) is 1. The van der Waals surface area contributed by atoms with E-state index in [1.54, 1.807) is 0 Å². The second-order valence-corrected chi connectivity index (χ2v) is 12.1. The van der Waals surface area contributed by atoms with Gasteiger partial charge in [0.2, 0.25) is 0 Å². The van der Waals surface area contributed by atoms with Gasteiger partial charge in [-0.1, -0.05) is 38.8 Å². The molecule has 5 fully saturated rings. The van der Waals surface area contributed by atoms with Gasteiger partial charge in [-0.2, -0.15) is 0 Å². The van der Waals surface area contributed by atoms with Crippen LogP contribution in [-0.2, 0) is 9.47 Å². The maximum atomic E-state index is 9.50. The number of aliphatic hydroxyl groups is 1. The quantitative estimate of drug-likeness (QED) is 0.621. The van der Waals surface area contributed by atoms with Crippen molar-refractivity contribution in [3.05, 3.63) is 12.2 Å². The molecule has 31 heavy (non-hydrogen) atoms. The van der Waals surface area contributed by atoms with E-state index in [-0.39, 0.29) is 11.7 Å². The standard InChI is InChI=1S/C27H45NO3/c1-19-8-9-23-26(2,22(19)12-15-28-14-11-20(16-28)17-29)13-10-24-27(23,3)18-30-25(31-24)21-6-4-5-7-21/h20-25,29H,1,4-18H2,2-3H3/t20?,22-,23?,24?,25-,26+,27+/m1/s1. The van der Waals surface area contributed by atoms with Gasteiger partial charge in [0.1, 0.15) is 0 Å². The van der Waals surface area contributed by atoms with Gasteiger partial charge in [-0.05, 0) is 87.6 Å². The number of likely N-dealkylation sites (tertiary alicyclic amines) is 1. The van der Waals surface area contributed by atoms with Gasteiger partial charge in [0.25, 0.3) is 0 Å². The number of fused-ring (bicyclic) bond motifs is 3. The lowest BCUT2D eigenvalue weighted by Crippen LogP contribution is -2.62. The largest absolute Gasteiger partial charge is 0.396 e. The fraction of sp³-hybridized carbons (Fsp3) is 0.926. The van der Waals surface area contributed by atoms with E-state index in [0.717, 1.165) is 32.7 Å². The number of nitrogens with zero attached hydrogens (tertiary/aromatic N) is 1. The van der Waals surface area contributed by atoms with Crippen LogP contribution >= 0.6 is 0 Å². The molecule has 0 aromatic rings. The fourth-order valence-electron chi connectivity index (χ4n) is 8.44. The van der Waals surface area contributed by atoms with Crippen LogP contribution in [0.25, 0.3) is 0 Å². The Balaban J connectivity index is 1.28. The summed E-state index contributed by atoms with van der Waals surface area (Å²) in [5, 5.41) is 9.50. The Labute approximate surface area is 189 Å². The van der Waals surface area contributed by atoms with Crippen LogP contribution in [0.5, 0.6) is 0 Å². The van der Waals surface area contributed by atoms with Crippen LogP contribution in [-0.4, -0.2) is 55.2 Å². The zero-order valence-corrected chi connectivity index (χ0v) is 20.0. The first-order valence-corrected chi connectivity index (χ1v) is 13.2. The third kappa shape index (κ3) is 3.94. The molecule has 4 nitrogen and oxygen atoms in total. The van der Waals surface area contributed by atoms with Crippen molar-refractivity contribution < 1.29 is 14.6 Å². The van der Waals surface area contributed by atoms with E-state index in [2.05, 4.69) is 25.3 Å². The molecule has 3 unspecified atom stereocenters. The molecule has 0 aromatic heterocycles. The summed E-state index contributed by atoms with van der Waals surface area (Å²) < 4.78 is 13.2. The fourth-order valence-corrected chi connectivity index (χ4v) is 8.44. The number of rotatable bonds is 5. The van der Waals surface area contributed by atoms with Gasteiger partial charge in [-0.3, -0.25) is 0 Å². The van der Waals surface area contributed by atoms with E-state index in [0.29, 0.717) is 41.8 Å². The van der Waals surface area contributed by atoms with Gasteiger partial charge in [0, 0.05) is 24.5 Å². The molecule has 7 atom stereocenters. The van der Waals surface area contributed by atoms with Crippen molar-refractivity contribution in [3.8, 4) is 0 Å². The van der Waals surface area contributed by atoms with Crippen molar-refractivity contribution in [2.45, 2.75) is 90.4 Å². The second-order valence-electron chi connectivity index (χ2n) is 12.1. The average molecular weight is 432 g/mol. The lowest BCUT2D eigenvalue weighted by molar-refractivity contribution is -0.316. The van der Waals surface area contributed by atoms with E-state index < -0.39 is 0 Å². The van der Waals surface area contributed by atoms with Crippen molar-refractivity contribution >= 4 is 0 Å². The summed E-state index contributed by atoms with van der Waals surface area (Å²) in [5.74, 6) is 2.36. The van der Waals surface area contributed by atoms with Gasteiger partial charge in [-0.25, -0.2) is 0 Å². The minimum atomic E-state index is 0.0499. The van der Waals surface area contributed by atoms with Crippen LogP contribution in [0.1, 0.15) is 78.1 Å². The molecule has 2 saturated heterocycles. The summed E-state index contributed by atoms with van der Waals surface area (Å²) in [7, 11) is 0. The Hall–Kier alpha value is -0.420. The molecule has 3 aliphatic carbocycles. The van der Waals surface area contributed by atoms with Gasteiger partial charge < -0.3 is 19.5 Å². The minimum absolute atomic E-state index is 0.0499. The Bertz CT molecular complexity index is 661. The molecule has 1 N–H and O–H groups in total. The van der Waals surface area contributed by atoms with Crippen LogP contribution in [0.4, 0.5) is 0 Å². The van der Waals surface area contributed by atoms with E-state index in [1.807, 2.05) is 0 Å². The molecule has 0 radical (unpaired) electrons. The number of aliphatic hydroxyl groups excluding tert-OH is 1. The molecule has 0 aromatic carbocycles. The van der Waals surface area contributed by atoms with Crippen molar-refractivity contribution in [1.82, 2.24) is 4.90 Å². The van der Waals surface area contributed by atoms with Crippen LogP contribution in [0.15, 0.2) is 12.2 Å². The Morgan fingerprint density at radius 1 is 1.10 bits per heavy atom. The van der Waals surface area contributed by atoms with Crippen molar-refractivity contribution in [2.75, 3.05) is 32.8 Å². The van der Waals surface area contributed by atoms with Crippen LogP contribution in [0.2, 0.25) is 0 Å². The molecule has 0 spiro atoms. The number of ether oxygens (including phenoxy) is 2. The molecule has 2 aliphatic heterocycles. The normalized spacial score (nSPS) is 46.8. The summed E-state index contributed by atoms with van der Waals surface area (Å²) in [6, 6.07) is 0. The number of allylic oxidation sites excluding steroid dienone is 1. The van der Waals surface area contributed by atoms with E-state index in [1.165, 1.54) is 63.4 Å². The Morgan fingerprint density at radius 3 is 2.65 bits per heavy atom. The predicted molar refractivity (Wildman–Crippen MR) is 124 cm³/mol. The summed E-state index contributed by atoms with van der Waals surface area (Å²) >= 11 is 0. The van der Waals surface area contributed by atoms with Crippen LogP contribution in [0, 0.1) is 34.5 Å². The molecular weight excluding hydrogens is 386 g/mol. The number of hydrogen-bond acceptors (Lipinski definition) is 4. The first-order valence-electron chi connectivity index (χ1n) is 13.2. The molecular formula is C27H45NO3. The molecule has 4 heteroatoms. The molecule has 0 bridgehead atoms. The highest BCUT2D eigenvalue weighted by Crippen LogP contribution is 2.63. The van der Waals surface area contributed by atoms with E-state index in [9.17, 15) is 5.11 Å². The highest BCUT2D eigenvalue weighted by atomic mass is 16.7. The highest BCUT2D eigenvalue weighted by molar-refractivity contribution is 5.18. The monoisotopic (exact) mass is 431 g/mol. The third-order valence-corrected chi connectivity index (χ3v) is 10.3. The maximum absolute atomic E-state index is 9.50. The zero-order chi connectivity index (χ0) is 21.6. The predicted octanol–water partition coefficient (Wildman–Crippen LogP) is 5.01. The Kier molecular flexibility index (Phi) is 6.31. The second kappa shape index (κ2) is 8.74. The van der Waals surface area contributed by atoms with Gasteiger partial charge >= 0.3 is 0 Å². The van der Waals surface area contributed by atoms with Crippen LogP contribution < -0.4 is 0 Å². The lowest BCUT2D eigenvalue weighted by atomic mass is 9.46. The van der Waals surface area contributed by atoms with Gasteiger partial charge in [-0.15, -0.1) is 0 Å². The molecule has 3 saturated carbocycles. The first kappa shape index (κ1) is 22.4. The van der Waals surface area contributed by atoms with Gasteiger partial charge in [0.05, 0.1) is 12.7 Å². The molecule has 2 heterocycles. The molecule has 5 aliphatic rings. The smallest absolute Gasteiger partial charge is 0.160 e. The van der Waals surface area contributed by atoms with Crippen molar-refractivity contribution in [2.24, 2.45) is 34.5 Å². The zero-order valence-electron chi connectivity index (χ0n) is 20.0.